The van der Waals surface area contributed by atoms with E-state index in [0.29, 0.717) is 18.6 Å². The highest BCUT2D eigenvalue weighted by molar-refractivity contribution is 7.17. The predicted molar refractivity (Wildman–Crippen MR) is 75.3 cm³/mol. The maximum atomic E-state index is 12.0. The van der Waals surface area contributed by atoms with Gasteiger partial charge in [0.05, 0.1) is 0 Å². The van der Waals surface area contributed by atoms with Crippen LogP contribution in [0.3, 0.4) is 0 Å². The second-order valence-corrected chi connectivity index (χ2v) is 5.17. The van der Waals surface area contributed by atoms with Crippen LogP contribution >= 0.6 is 11.3 Å². The molecule has 2 N–H and O–H groups in total. The Morgan fingerprint density at radius 3 is 3.00 bits per heavy atom. The van der Waals surface area contributed by atoms with E-state index in [4.69, 9.17) is 0 Å². The molecule has 1 aromatic carbocycles. The number of amides is 2. The van der Waals surface area contributed by atoms with Crippen LogP contribution in [0.4, 0.5) is 5.69 Å². The summed E-state index contributed by atoms with van der Waals surface area (Å²) in [5.74, 6) is -0.425. The van der Waals surface area contributed by atoms with Crippen molar-refractivity contribution in [1.82, 2.24) is 5.43 Å². The Hall–Kier alpha value is -2.21. The van der Waals surface area contributed by atoms with Crippen molar-refractivity contribution < 1.29 is 9.59 Å². The number of benzene rings is 1. The van der Waals surface area contributed by atoms with Crippen LogP contribution in [0, 0.1) is 0 Å². The number of carbonyl (C=O) groups excluding carboxylic acids is 2. The highest BCUT2D eigenvalue weighted by atomic mass is 32.1. The number of thiophene rings is 1. The van der Waals surface area contributed by atoms with Crippen molar-refractivity contribution in [3.63, 3.8) is 0 Å². The first-order valence-corrected chi connectivity index (χ1v) is 6.74. The number of rotatable bonds is 2. The largest absolute Gasteiger partial charge is 0.321 e. The monoisotopic (exact) mass is 273 g/mol. The molecule has 0 saturated carbocycles. The van der Waals surface area contributed by atoms with E-state index < -0.39 is 0 Å². The molecule has 2 amide bonds. The first-order chi connectivity index (χ1) is 9.22. The van der Waals surface area contributed by atoms with Crippen LogP contribution in [-0.4, -0.2) is 17.5 Å². The molecule has 6 heteroatoms. The number of fused-ring (bicyclic) bond motifs is 1. The molecule has 0 bridgehead atoms. The molecule has 5 nitrogen and oxygen atoms in total. The Labute approximate surface area is 113 Å². The minimum absolute atomic E-state index is 0.156. The Morgan fingerprint density at radius 2 is 2.21 bits per heavy atom. The van der Waals surface area contributed by atoms with Crippen LogP contribution in [0.2, 0.25) is 0 Å². The SMILES string of the molecule is O=C1CCC(C(=O)Nc2ccc3sccc3c2)=NN1. The second kappa shape index (κ2) is 4.81. The summed E-state index contributed by atoms with van der Waals surface area (Å²) in [6.45, 7) is 0. The number of anilines is 1. The lowest BCUT2D eigenvalue weighted by atomic mass is 10.1. The standard InChI is InChI=1S/C13H11N3O2S/c17-12-4-2-10(15-16-12)13(18)14-9-1-3-11-8(7-9)5-6-19-11/h1,3,5-7H,2,4H2,(H,14,18)(H,16,17). The van der Waals surface area contributed by atoms with E-state index in [-0.39, 0.29) is 11.8 Å². The molecule has 0 saturated heterocycles. The minimum atomic E-state index is -0.269. The Morgan fingerprint density at radius 1 is 1.32 bits per heavy atom. The lowest BCUT2D eigenvalue weighted by molar-refractivity contribution is -0.121. The number of nitrogens with one attached hydrogen (secondary N) is 2. The third-order valence-corrected chi connectivity index (χ3v) is 3.77. The number of carbonyl (C=O) groups is 2. The highest BCUT2D eigenvalue weighted by Crippen LogP contribution is 2.24. The molecule has 3 rings (SSSR count). The molecule has 1 aromatic heterocycles. The molecule has 1 aliphatic rings. The van der Waals surface area contributed by atoms with Crippen LogP contribution in [0.25, 0.3) is 10.1 Å². The fourth-order valence-electron chi connectivity index (χ4n) is 1.89. The zero-order valence-electron chi connectivity index (χ0n) is 9.97. The third-order valence-electron chi connectivity index (χ3n) is 2.88. The lowest BCUT2D eigenvalue weighted by Crippen LogP contribution is -2.32. The van der Waals surface area contributed by atoms with E-state index in [1.165, 1.54) is 4.70 Å². The van der Waals surface area contributed by atoms with E-state index >= 15 is 0 Å². The smallest absolute Gasteiger partial charge is 0.271 e. The summed E-state index contributed by atoms with van der Waals surface area (Å²) in [6.07, 6.45) is 0.675. The first-order valence-electron chi connectivity index (χ1n) is 5.86. The zero-order valence-corrected chi connectivity index (χ0v) is 10.8. The van der Waals surface area contributed by atoms with E-state index in [2.05, 4.69) is 15.8 Å². The van der Waals surface area contributed by atoms with Gasteiger partial charge in [-0.05, 0) is 35.0 Å². The molecule has 0 spiro atoms. The van der Waals surface area contributed by atoms with Crippen LogP contribution < -0.4 is 10.7 Å². The summed E-state index contributed by atoms with van der Waals surface area (Å²) in [5, 5.41) is 9.67. The molecule has 0 fully saturated rings. The fourth-order valence-corrected chi connectivity index (χ4v) is 2.66. The van der Waals surface area contributed by atoms with Gasteiger partial charge in [0.2, 0.25) is 5.91 Å². The molecule has 0 unspecified atom stereocenters. The topological polar surface area (TPSA) is 70.6 Å². The number of hydrogen-bond donors (Lipinski definition) is 2. The summed E-state index contributed by atoms with van der Waals surface area (Å²) in [7, 11) is 0. The molecule has 96 valence electrons. The molecule has 0 atom stereocenters. The van der Waals surface area contributed by atoms with E-state index in [9.17, 15) is 9.59 Å². The quantitative estimate of drug-likeness (QED) is 0.879. The molecule has 2 heterocycles. The summed E-state index contributed by atoms with van der Waals surface area (Å²) >= 11 is 1.66. The molecular weight excluding hydrogens is 262 g/mol. The molecule has 2 aromatic rings. The average molecular weight is 273 g/mol. The van der Waals surface area contributed by atoms with Gasteiger partial charge in [0.25, 0.3) is 5.91 Å². The van der Waals surface area contributed by atoms with Gasteiger partial charge in [0, 0.05) is 23.2 Å². The van der Waals surface area contributed by atoms with Gasteiger partial charge in [-0.3, -0.25) is 9.59 Å². The summed E-state index contributed by atoms with van der Waals surface area (Å²) in [4.78, 5) is 22.9. The average Bonchev–Trinajstić information content (AvgIpc) is 2.87. The van der Waals surface area contributed by atoms with Gasteiger partial charge in [-0.1, -0.05) is 0 Å². The van der Waals surface area contributed by atoms with Gasteiger partial charge in [0.15, 0.2) is 0 Å². The lowest BCUT2D eigenvalue weighted by Gasteiger charge is -2.12. The van der Waals surface area contributed by atoms with Crippen molar-refractivity contribution in [2.45, 2.75) is 12.8 Å². The van der Waals surface area contributed by atoms with Gasteiger partial charge in [-0.25, -0.2) is 5.43 Å². The van der Waals surface area contributed by atoms with Crippen LogP contribution in [0.15, 0.2) is 34.7 Å². The van der Waals surface area contributed by atoms with Crippen LogP contribution in [0.1, 0.15) is 12.8 Å². The van der Waals surface area contributed by atoms with E-state index in [0.717, 1.165) is 11.1 Å². The highest BCUT2D eigenvalue weighted by Gasteiger charge is 2.18. The Bertz CT molecular complexity index is 690. The van der Waals surface area contributed by atoms with Crippen LogP contribution in [0.5, 0.6) is 0 Å². The van der Waals surface area contributed by atoms with Crippen molar-refractivity contribution in [1.29, 1.82) is 0 Å². The molecule has 0 aliphatic carbocycles. The van der Waals surface area contributed by atoms with Crippen LogP contribution in [-0.2, 0) is 9.59 Å². The first kappa shape index (κ1) is 11.9. The van der Waals surface area contributed by atoms with Crippen molar-refractivity contribution >= 4 is 44.6 Å². The van der Waals surface area contributed by atoms with Crippen molar-refractivity contribution in [2.24, 2.45) is 5.10 Å². The summed E-state index contributed by atoms with van der Waals surface area (Å²) < 4.78 is 1.18. The zero-order chi connectivity index (χ0) is 13.2. The Balaban J connectivity index is 1.77. The number of hydrogen-bond acceptors (Lipinski definition) is 4. The maximum Gasteiger partial charge on any atom is 0.271 e. The summed E-state index contributed by atoms with van der Waals surface area (Å²) in [5.41, 5.74) is 3.40. The van der Waals surface area contributed by atoms with Gasteiger partial charge in [-0.2, -0.15) is 5.10 Å². The fraction of sp³-hybridized carbons (Fsp3) is 0.154. The normalized spacial score (nSPS) is 14.9. The van der Waals surface area contributed by atoms with Gasteiger partial charge < -0.3 is 5.32 Å². The van der Waals surface area contributed by atoms with Gasteiger partial charge in [0.1, 0.15) is 5.71 Å². The molecule has 19 heavy (non-hydrogen) atoms. The molecule has 1 aliphatic heterocycles. The third kappa shape index (κ3) is 2.48. The van der Waals surface area contributed by atoms with E-state index in [1.807, 2.05) is 29.6 Å². The molecular formula is C13H11N3O2S. The number of hydrazone groups is 1. The summed E-state index contributed by atoms with van der Waals surface area (Å²) in [6, 6.07) is 7.76. The van der Waals surface area contributed by atoms with Crippen molar-refractivity contribution in [2.75, 3.05) is 5.32 Å². The van der Waals surface area contributed by atoms with Gasteiger partial charge >= 0.3 is 0 Å². The predicted octanol–water partition coefficient (Wildman–Crippen LogP) is 2.11. The van der Waals surface area contributed by atoms with E-state index in [1.54, 1.807) is 11.3 Å². The second-order valence-electron chi connectivity index (χ2n) is 4.22. The van der Waals surface area contributed by atoms with Crippen molar-refractivity contribution in [3.8, 4) is 0 Å². The number of nitrogens with zero attached hydrogens (tertiary/aromatic N) is 1. The molecule has 0 radical (unpaired) electrons. The van der Waals surface area contributed by atoms with Gasteiger partial charge in [-0.15, -0.1) is 11.3 Å². The minimum Gasteiger partial charge on any atom is -0.321 e. The van der Waals surface area contributed by atoms with Crippen molar-refractivity contribution in [3.05, 3.63) is 29.6 Å². The maximum absolute atomic E-state index is 12.0. The Kier molecular flexibility index (Phi) is 3.00.